The summed E-state index contributed by atoms with van der Waals surface area (Å²) in [5, 5.41) is 6.90. The van der Waals surface area contributed by atoms with Crippen LogP contribution in [0, 0.1) is 12.7 Å². The van der Waals surface area contributed by atoms with Crippen LogP contribution in [0.4, 0.5) is 4.39 Å². The molecule has 0 radical (unpaired) electrons. The minimum Gasteiger partial charge on any atom is -0.361 e. The lowest BCUT2D eigenvalue weighted by Crippen LogP contribution is -2.31. The van der Waals surface area contributed by atoms with Crippen molar-refractivity contribution < 1.29 is 13.7 Å². The number of H-pyrrole nitrogens is 1. The third-order valence-electron chi connectivity index (χ3n) is 4.85. The average molecular weight is 412 g/mol. The summed E-state index contributed by atoms with van der Waals surface area (Å²) in [7, 11) is 0. The Hall–Kier alpha value is -3.29. The summed E-state index contributed by atoms with van der Waals surface area (Å²) in [6.45, 7) is 7.44. The Balaban J connectivity index is 1.95. The van der Waals surface area contributed by atoms with Crippen LogP contribution in [0.1, 0.15) is 71.6 Å². The zero-order valence-corrected chi connectivity index (χ0v) is 17.5. The second kappa shape index (κ2) is 9.02. The number of aromatic amines is 1. The minimum atomic E-state index is -0.522. The zero-order valence-electron chi connectivity index (χ0n) is 17.5. The van der Waals surface area contributed by atoms with Gasteiger partial charge in [-0.15, -0.1) is 0 Å². The van der Waals surface area contributed by atoms with E-state index in [-0.39, 0.29) is 29.6 Å². The number of carbonyl (C=O) groups excluding carboxylic acids is 1. The van der Waals surface area contributed by atoms with E-state index in [4.69, 9.17) is 4.52 Å². The van der Waals surface area contributed by atoms with Crippen molar-refractivity contribution in [1.82, 2.24) is 20.4 Å². The normalized spacial score (nSPS) is 12.2. The summed E-state index contributed by atoms with van der Waals surface area (Å²) in [6.07, 6.45) is 0.821. The summed E-state index contributed by atoms with van der Waals surface area (Å²) < 4.78 is 18.6. The third kappa shape index (κ3) is 4.82. The fourth-order valence-corrected chi connectivity index (χ4v) is 3.24. The van der Waals surface area contributed by atoms with E-state index in [1.54, 1.807) is 19.1 Å². The number of benzene rings is 1. The van der Waals surface area contributed by atoms with Gasteiger partial charge < -0.3 is 14.8 Å². The lowest BCUT2D eigenvalue weighted by atomic mass is 10.0. The molecule has 0 saturated heterocycles. The van der Waals surface area contributed by atoms with Crippen molar-refractivity contribution in [3.8, 4) is 0 Å². The van der Waals surface area contributed by atoms with Gasteiger partial charge in [0.15, 0.2) is 0 Å². The van der Waals surface area contributed by atoms with E-state index in [2.05, 4.69) is 20.4 Å². The number of aromatic nitrogens is 3. The Kier molecular flexibility index (Phi) is 6.44. The zero-order chi connectivity index (χ0) is 21.8. The van der Waals surface area contributed by atoms with E-state index in [9.17, 15) is 14.0 Å². The van der Waals surface area contributed by atoms with Crippen molar-refractivity contribution in [2.45, 2.75) is 52.5 Å². The van der Waals surface area contributed by atoms with Gasteiger partial charge in [0, 0.05) is 18.4 Å². The first kappa shape index (κ1) is 21.4. The molecule has 7 nitrogen and oxygen atoms in total. The second-order valence-corrected chi connectivity index (χ2v) is 7.47. The summed E-state index contributed by atoms with van der Waals surface area (Å²) >= 11 is 0. The molecule has 1 aromatic carbocycles. The van der Waals surface area contributed by atoms with Crippen LogP contribution >= 0.6 is 0 Å². The molecule has 1 amide bonds. The molecule has 0 aliphatic rings. The second-order valence-electron chi connectivity index (χ2n) is 7.47. The molecule has 2 N–H and O–H groups in total. The van der Waals surface area contributed by atoms with Gasteiger partial charge in [-0.25, -0.2) is 9.37 Å². The van der Waals surface area contributed by atoms with Gasteiger partial charge >= 0.3 is 0 Å². The molecule has 158 valence electrons. The highest BCUT2D eigenvalue weighted by molar-refractivity contribution is 5.96. The Labute approximate surface area is 173 Å². The van der Waals surface area contributed by atoms with Gasteiger partial charge in [0.05, 0.1) is 17.4 Å². The molecule has 1 unspecified atom stereocenters. The van der Waals surface area contributed by atoms with Crippen LogP contribution in [0.25, 0.3) is 0 Å². The van der Waals surface area contributed by atoms with Crippen LogP contribution < -0.4 is 10.9 Å². The summed E-state index contributed by atoms with van der Waals surface area (Å²) in [6, 6.07) is 6.78. The van der Waals surface area contributed by atoms with E-state index in [1.165, 1.54) is 18.2 Å². The molecular formula is C22H25FN4O3. The maximum Gasteiger partial charge on any atom is 0.257 e. The Morgan fingerprint density at radius 3 is 2.60 bits per heavy atom. The molecule has 0 aliphatic carbocycles. The van der Waals surface area contributed by atoms with Crippen LogP contribution in [-0.2, 0) is 12.8 Å². The number of hydrogen-bond donors (Lipinski definition) is 2. The average Bonchev–Trinajstić information content (AvgIpc) is 3.08. The lowest BCUT2D eigenvalue weighted by molar-refractivity contribution is 0.0934. The monoisotopic (exact) mass is 412 g/mol. The van der Waals surface area contributed by atoms with Crippen molar-refractivity contribution in [2.75, 3.05) is 0 Å². The smallest absolute Gasteiger partial charge is 0.257 e. The number of carbonyl (C=O) groups is 1. The van der Waals surface area contributed by atoms with Crippen LogP contribution in [0.3, 0.4) is 0 Å². The summed E-state index contributed by atoms with van der Waals surface area (Å²) in [5.41, 5.74) is 1.95. The molecule has 0 saturated carbocycles. The first-order valence-electron chi connectivity index (χ1n) is 9.90. The van der Waals surface area contributed by atoms with Crippen LogP contribution in [-0.4, -0.2) is 21.0 Å². The van der Waals surface area contributed by atoms with Gasteiger partial charge in [-0.3, -0.25) is 9.59 Å². The number of rotatable bonds is 7. The molecular weight excluding hydrogens is 387 g/mol. The topological polar surface area (TPSA) is 101 Å². The SMILES string of the molecule is CCc1noc(C)c1C(=O)NC(Cc1cc(=O)[nH]c(C(C)C)n1)c1ccc(F)cc1. The highest BCUT2D eigenvalue weighted by Gasteiger charge is 2.23. The number of nitrogens with one attached hydrogen (secondary N) is 2. The molecule has 3 aromatic rings. The van der Waals surface area contributed by atoms with Crippen molar-refractivity contribution in [2.24, 2.45) is 0 Å². The lowest BCUT2D eigenvalue weighted by Gasteiger charge is -2.20. The standard InChI is InChI=1S/C22H25FN4O3/c1-5-17-20(13(4)30-27-17)22(29)25-18(14-6-8-15(23)9-7-14)10-16-11-19(28)26-21(24-16)12(2)3/h6-9,11-12,18H,5,10H2,1-4H3,(H,25,29)(H,24,26,28). The van der Waals surface area contributed by atoms with Crippen molar-refractivity contribution >= 4 is 5.91 Å². The first-order valence-corrected chi connectivity index (χ1v) is 9.90. The summed E-state index contributed by atoms with van der Waals surface area (Å²) in [5.74, 6) is 0.337. The number of aryl methyl sites for hydroxylation is 2. The van der Waals surface area contributed by atoms with Gasteiger partial charge in [0.1, 0.15) is 23.0 Å². The van der Waals surface area contributed by atoms with Gasteiger partial charge in [-0.1, -0.05) is 38.1 Å². The molecule has 2 aromatic heterocycles. The van der Waals surface area contributed by atoms with Gasteiger partial charge in [-0.2, -0.15) is 0 Å². The van der Waals surface area contributed by atoms with Crippen molar-refractivity contribution in [3.63, 3.8) is 0 Å². The van der Waals surface area contributed by atoms with Crippen LogP contribution in [0.2, 0.25) is 0 Å². The number of nitrogens with zero attached hydrogens (tertiary/aromatic N) is 2. The van der Waals surface area contributed by atoms with Crippen molar-refractivity contribution in [1.29, 1.82) is 0 Å². The molecule has 0 aliphatic heterocycles. The highest BCUT2D eigenvalue weighted by atomic mass is 19.1. The summed E-state index contributed by atoms with van der Waals surface area (Å²) in [4.78, 5) is 32.3. The molecule has 1 atom stereocenters. The first-order chi connectivity index (χ1) is 14.3. The van der Waals surface area contributed by atoms with Gasteiger partial charge in [0.2, 0.25) is 0 Å². The van der Waals surface area contributed by atoms with E-state index in [1.807, 2.05) is 20.8 Å². The van der Waals surface area contributed by atoms with E-state index in [0.29, 0.717) is 40.5 Å². The molecule has 0 fully saturated rings. The van der Waals surface area contributed by atoms with E-state index in [0.717, 1.165) is 0 Å². The number of amides is 1. The minimum absolute atomic E-state index is 0.0447. The fourth-order valence-electron chi connectivity index (χ4n) is 3.24. The molecule has 0 spiro atoms. The van der Waals surface area contributed by atoms with Crippen molar-refractivity contribution in [3.05, 3.63) is 80.6 Å². The van der Waals surface area contributed by atoms with Crippen LogP contribution in [0.15, 0.2) is 39.6 Å². The molecule has 30 heavy (non-hydrogen) atoms. The number of halogens is 1. The Morgan fingerprint density at radius 2 is 1.97 bits per heavy atom. The molecule has 0 bridgehead atoms. The maximum atomic E-state index is 13.4. The predicted octanol–water partition coefficient (Wildman–Crippen LogP) is 3.61. The van der Waals surface area contributed by atoms with Gasteiger partial charge in [0.25, 0.3) is 11.5 Å². The Morgan fingerprint density at radius 1 is 1.27 bits per heavy atom. The van der Waals surface area contributed by atoms with E-state index >= 15 is 0 Å². The third-order valence-corrected chi connectivity index (χ3v) is 4.85. The predicted molar refractivity (Wildman–Crippen MR) is 110 cm³/mol. The largest absolute Gasteiger partial charge is 0.361 e. The quantitative estimate of drug-likeness (QED) is 0.617. The van der Waals surface area contributed by atoms with E-state index < -0.39 is 6.04 Å². The highest BCUT2D eigenvalue weighted by Crippen LogP contribution is 2.21. The maximum absolute atomic E-state index is 13.4. The molecule has 3 rings (SSSR count). The molecule has 8 heteroatoms. The van der Waals surface area contributed by atoms with Crippen LogP contribution in [0.5, 0.6) is 0 Å². The molecule has 2 heterocycles. The number of hydrogen-bond acceptors (Lipinski definition) is 5. The Bertz CT molecular complexity index is 1090. The fraction of sp³-hybridized carbons (Fsp3) is 0.364. The van der Waals surface area contributed by atoms with Gasteiger partial charge in [-0.05, 0) is 31.0 Å².